The predicted molar refractivity (Wildman–Crippen MR) is 107 cm³/mol. The summed E-state index contributed by atoms with van der Waals surface area (Å²) in [6.45, 7) is 3.97. The normalized spacial score (nSPS) is 25.1. The summed E-state index contributed by atoms with van der Waals surface area (Å²) in [5.74, 6) is -0.0616. The molecule has 0 radical (unpaired) electrons. The molecular weight excluding hydrogens is 389 g/mol. The van der Waals surface area contributed by atoms with Crippen LogP contribution in [0.2, 0.25) is 0 Å². The maximum atomic E-state index is 12.5. The van der Waals surface area contributed by atoms with Crippen molar-refractivity contribution in [1.82, 2.24) is 9.62 Å². The van der Waals surface area contributed by atoms with E-state index in [9.17, 15) is 13.2 Å². The molecule has 150 valence electrons. The van der Waals surface area contributed by atoms with Gasteiger partial charge < -0.3 is 14.8 Å². The van der Waals surface area contributed by atoms with Crippen molar-refractivity contribution in [1.29, 1.82) is 0 Å². The quantitative estimate of drug-likeness (QED) is 0.700. The monoisotopic (exact) mass is 415 g/mol. The summed E-state index contributed by atoms with van der Waals surface area (Å²) >= 11 is 0. The van der Waals surface area contributed by atoms with E-state index >= 15 is 0 Å². The van der Waals surface area contributed by atoms with Crippen molar-refractivity contribution in [2.45, 2.75) is 31.8 Å². The molecule has 0 bridgehead atoms. The lowest BCUT2D eigenvalue weighted by Gasteiger charge is -2.34. The first-order valence-corrected chi connectivity index (χ1v) is 10.7. The minimum atomic E-state index is -3.88. The molecule has 2 heterocycles. The first-order chi connectivity index (χ1) is 12.7. The van der Waals surface area contributed by atoms with E-state index < -0.39 is 16.1 Å². The molecule has 0 aromatic heterocycles. The van der Waals surface area contributed by atoms with Crippen molar-refractivity contribution in [2.24, 2.45) is 0 Å². The van der Waals surface area contributed by atoms with Gasteiger partial charge in [0.25, 0.3) is 5.91 Å². The smallest absolute Gasteiger partial charge is 0.329 e. The second-order valence-electron chi connectivity index (χ2n) is 7.18. The Kier molecular flexibility index (Phi) is 5.68. The third-order valence-electron chi connectivity index (χ3n) is 5.05. The van der Waals surface area contributed by atoms with E-state index in [0.717, 1.165) is 33.6 Å². The molecule has 2 fully saturated rings. The number of nitrogens with one attached hydrogen (secondary N) is 1. The van der Waals surface area contributed by atoms with Gasteiger partial charge in [0.1, 0.15) is 18.0 Å². The largest absolute Gasteiger partial charge is 0.495 e. The zero-order valence-electron chi connectivity index (χ0n) is 15.8. The van der Waals surface area contributed by atoms with Crippen molar-refractivity contribution in [3.8, 4) is 5.75 Å². The number of benzene rings is 1. The van der Waals surface area contributed by atoms with Gasteiger partial charge in [-0.25, -0.2) is 8.61 Å². The lowest BCUT2D eigenvalue weighted by atomic mass is 9.94. The number of carbonyl (C=O) groups is 1. The molecule has 0 aliphatic carbocycles. The first kappa shape index (κ1) is 20.3. The number of ether oxygens (including phenoxy) is 2. The van der Waals surface area contributed by atoms with Gasteiger partial charge in [-0.05, 0) is 42.8 Å². The molecule has 10 heteroatoms. The number of amides is 1. The second kappa shape index (κ2) is 7.54. The highest BCUT2D eigenvalue weighted by Gasteiger charge is 2.42. The molecule has 3 rings (SSSR count). The van der Waals surface area contributed by atoms with Crippen molar-refractivity contribution >= 4 is 36.3 Å². The van der Waals surface area contributed by atoms with Gasteiger partial charge in [-0.3, -0.25) is 4.79 Å². The van der Waals surface area contributed by atoms with Gasteiger partial charge in [-0.2, -0.15) is 8.42 Å². The molecule has 2 saturated heterocycles. The third kappa shape index (κ3) is 3.92. The lowest BCUT2D eigenvalue weighted by Crippen LogP contribution is -2.48. The molecule has 2 atom stereocenters. The van der Waals surface area contributed by atoms with Crippen LogP contribution in [0.1, 0.15) is 25.3 Å². The number of hydrogen-bond donors (Lipinski definition) is 1. The van der Waals surface area contributed by atoms with Gasteiger partial charge in [-0.1, -0.05) is 0 Å². The molecule has 2 aliphatic rings. The number of rotatable bonds is 5. The van der Waals surface area contributed by atoms with Gasteiger partial charge in [0, 0.05) is 25.7 Å². The van der Waals surface area contributed by atoms with Crippen LogP contribution in [0.5, 0.6) is 5.75 Å². The van der Waals surface area contributed by atoms with E-state index in [1.54, 1.807) is 6.07 Å². The van der Waals surface area contributed by atoms with Gasteiger partial charge in [0.15, 0.2) is 0 Å². The number of methoxy groups -OCH3 is 1. The average molecular weight is 415 g/mol. The highest BCUT2D eigenvalue weighted by molar-refractivity contribution is 7.91. The Balaban J connectivity index is 1.87. The number of anilines is 1. The maximum absolute atomic E-state index is 12.5. The molecule has 1 unspecified atom stereocenters. The summed E-state index contributed by atoms with van der Waals surface area (Å²) < 4.78 is 37.9. The summed E-state index contributed by atoms with van der Waals surface area (Å²) in [6.07, 6.45) is 2.06. The second-order valence-corrected chi connectivity index (χ2v) is 9.69. The van der Waals surface area contributed by atoms with E-state index in [4.69, 9.17) is 9.47 Å². The summed E-state index contributed by atoms with van der Waals surface area (Å²) in [6, 6.07) is 3.70. The van der Waals surface area contributed by atoms with Gasteiger partial charge in [0.05, 0.1) is 13.7 Å². The highest BCUT2D eigenvalue weighted by atomic mass is 32.2. The van der Waals surface area contributed by atoms with Crippen LogP contribution in [-0.2, 0) is 26.3 Å². The molecule has 2 aliphatic heterocycles. The van der Waals surface area contributed by atoms with Crippen LogP contribution in [0.15, 0.2) is 12.1 Å². The molecule has 1 amide bonds. The minimum Gasteiger partial charge on any atom is -0.495 e. The van der Waals surface area contributed by atoms with Crippen LogP contribution in [0.25, 0.3) is 0 Å². The third-order valence-corrected chi connectivity index (χ3v) is 7.25. The van der Waals surface area contributed by atoms with Crippen LogP contribution in [0.3, 0.4) is 0 Å². The number of carbonyl (C=O) groups excluding carboxylic acids is 1. The lowest BCUT2D eigenvalue weighted by molar-refractivity contribution is -0.123. The Morgan fingerprint density at radius 1 is 1.41 bits per heavy atom. The Hall–Kier alpha value is -1.41. The molecule has 0 saturated carbocycles. The summed E-state index contributed by atoms with van der Waals surface area (Å²) in [5.41, 5.74) is 1.25. The van der Waals surface area contributed by atoms with Crippen LogP contribution in [0, 0.1) is 0 Å². The van der Waals surface area contributed by atoms with E-state index in [1.807, 2.05) is 6.07 Å². The number of nitrogens with zero attached hydrogens (tertiary/aromatic N) is 2. The fourth-order valence-electron chi connectivity index (χ4n) is 3.38. The fourth-order valence-corrected chi connectivity index (χ4v) is 5.29. The predicted octanol–water partition coefficient (Wildman–Crippen LogP) is 0.378. The van der Waals surface area contributed by atoms with Crippen LogP contribution in [-0.4, -0.2) is 58.1 Å². The van der Waals surface area contributed by atoms with Crippen LogP contribution >= 0.6 is 9.24 Å². The van der Waals surface area contributed by atoms with E-state index in [-0.39, 0.29) is 12.1 Å². The SMILES string of the molecule is COc1cc(CN[C@]2(C)CCCOC2)cc(P)c1N1CC(=O)N(C)S1(=O)=O. The molecule has 1 N–H and O–H groups in total. The van der Waals surface area contributed by atoms with Gasteiger partial charge in [-0.15, -0.1) is 9.24 Å². The minimum absolute atomic E-state index is 0.0847. The Bertz CT molecular complexity index is 839. The zero-order chi connectivity index (χ0) is 19.8. The molecule has 1 aromatic carbocycles. The Labute approximate surface area is 162 Å². The van der Waals surface area contributed by atoms with Crippen LogP contribution in [0.4, 0.5) is 5.69 Å². The van der Waals surface area contributed by atoms with Crippen molar-refractivity contribution in [3.05, 3.63) is 17.7 Å². The van der Waals surface area contributed by atoms with Crippen LogP contribution < -0.4 is 19.7 Å². The van der Waals surface area contributed by atoms with E-state index in [1.165, 1.54) is 14.2 Å². The summed E-state index contributed by atoms with van der Waals surface area (Å²) in [4.78, 5) is 11.9. The fraction of sp³-hybridized carbons (Fsp3) is 0.588. The average Bonchev–Trinajstić information content (AvgIpc) is 2.83. The van der Waals surface area contributed by atoms with E-state index in [2.05, 4.69) is 21.5 Å². The number of likely N-dealkylation sites (N-methyl/N-ethyl adjacent to an activating group) is 1. The molecule has 0 spiro atoms. The van der Waals surface area contributed by atoms with Gasteiger partial charge >= 0.3 is 10.2 Å². The van der Waals surface area contributed by atoms with E-state index in [0.29, 0.717) is 29.9 Å². The Morgan fingerprint density at radius 2 is 2.15 bits per heavy atom. The Morgan fingerprint density at radius 3 is 2.70 bits per heavy atom. The number of hydrogen-bond acceptors (Lipinski definition) is 6. The topological polar surface area (TPSA) is 88.2 Å². The molecule has 1 aromatic rings. The van der Waals surface area contributed by atoms with Gasteiger partial charge in [0.2, 0.25) is 0 Å². The molecule has 27 heavy (non-hydrogen) atoms. The molecular formula is C17H26N3O5PS. The standard InChI is InChI=1S/C17H26N3O5PS/c1-17(5-4-6-25-11-17)18-9-12-7-13(24-3)16(14(26)8-12)20-10-15(21)19(2)27(20,22)23/h7-8,18H,4-6,9-11,26H2,1-3H3/t17-/m1/s1. The highest BCUT2D eigenvalue weighted by Crippen LogP contribution is 2.34. The van der Waals surface area contributed by atoms with Crippen molar-refractivity contribution in [3.63, 3.8) is 0 Å². The molecule has 8 nitrogen and oxygen atoms in total. The van der Waals surface area contributed by atoms with Crippen molar-refractivity contribution < 1.29 is 22.7 Å². The first-order valence-electron chi connectivity index (χ1n) is 8.76. The summed E-state index contributed by atoms with van der Waals surface area (Å²) in [7, 11) is 1.42. The summed E-state index contributed by atoms with van der Waals surface area (Å²) in [5, 5.41) is 4.18. The van der Waals surface area contributed by atoms with Crippen molar-refractivity contribution in [2.75, 3.05) is 38.2 Å². The maximum Gasteiger partial charge on any atom is 0.329 e. The zero-order valence-corrected chi connectivity index (χ0v) is 17.8.